The van der Waals surface area contributed by atoms with Crippen LogP contribution in [-0.2, 0) is 17.9 Å². The second kappa shape index (κ2) is 9.80. The van der Waals surface area contributed by atoms with E-state index in [0.29, 0.717) is 23.3 Å². The fourth-order valence-electron chi connectivity index (χ4n) is 3.50. The van der Waals surface area contributed by atoms with Gasteiger partial charge >= 0.3 is 5.97 Å². The molecule has 30 heavy (non-hydrogen) atoms. The van der Waals surface area contributed by atoms with Crippen molar-refractivity contribution in [2.24, 2.45) is 5.73 Å². The highest BCUT2D eigenvalue weighted by molar-refractivity contribution is 5.98. The van der Waals surface area contributed by atoms with E-state index in [4.69, 9.17) is 15.6 Å². The maximum absolute atomic E-state index is 11.8. The standard InChI is InChI=1S/C22H21N3O3.2ClH/c23-21(24)14-6-7-19-16(9-14)10-20(28-19)18(22(26)27)3-1-2-13-4-5-15-11-25-12-17(15)8-13;;/h1-2,4-10,18,25H,3,11-12H2,(H3,23,24)(H,26,27);2*1H/b2-1+;;. The summed E-state index contributed by atoms with van der Waals surface area (Å²) in [6, 6.07) is 13.1. The Labute approximate surface area is 186 Å². The fraction of sp³-hybridized carbons (Fsp3) is 0.182. The number of fused-ring (bicyclic) bond motifs is 2. The van der Waals surface area contributed by atoms with Gasteiger partial charge in [-0.05, 0) is 47.4 Å². The number of nitrogen functional groups attached to an aromatic ring is 1. The van der Waals surface area contributed by atoms with Crippen LogP contribution in [0.4, 0.5) is 0 Å². The van der Waals surface area contributed by atoms with Gasteiger partial charge in [0.25, 0.3) is 0 Å². The van der Waals surface area contributed by atoms with E-state index in [-0.39, 0.29) is 30.6 Å². The zero-order chi connectivity index (χ0) is 19.7. The Balaban J connectivity index is 0.00000160. The van der Waals surface area contributed by atoms with Crippen LogP contribution >= 0.6 is 24.8 Å². The van der Waals surface area contributed by atoms with Gasteiger partial charge in [-0.15, -0.1) is 24.8 Å². The summed E-state index contributed by atoms with van der Waals surface area (Å²) in [5.41, 5.74) is 10.3. The quantitative estimate of drug-likeness (QED) is 0.329. The number of carboxylic acids is 1. The van der Waals surface area contributed by atoms with E-state index in [1.54, 1.807) is 24.3 Å². The zero-order valence-corrected chi connectivity index (χ0v) is 17.7. The monoisotopic (exact) mass is 447 g/mol. The van der Waals surface area contributed by atoms with Crippen molar-refractivity contribution < 1.29 is 14.3 Å². The van der Waals surface area contributed by atoms with E-state index in [2.05, 4.69) is 17.4 Å². The van der Waals surface area contributed by atoms with Gasteiger partial charge in [0, 0.05) is 24.0 Å². The molecule has 0 fully saturated rings. The molecule has 2 heterocycles. The molecule has 2 aromatic carbocycles. The minimum absolute atomic E-state index is 0. The average molecular weight is 448 g/mol. The van der Waals surface area contributed by atoms with Gasteiger partial charge in [-0.2, -0.15) is 0 Å². The Bertz CT molecular complexity index is 1110. The Hall–Kier alpha value is -2.80. The predicted octanol–water partition coefficient (Wildman–Crippen LogP) is 4.44. The summed E-state index contributed by atoms with van der Waals surface area (Å²) in [7, 11) is 0. The molecular weight excluding hydrogens is 425 g/mol. The van der Waals surface area contributed by atoms with Crippen molar-refractivity contribution in [1.82, 2.24) is 5.32 Å². The number of nitrogens with two attached hydrogens (primary N) is 1. The zero-order valence-electron chi connectivity index (χ0n) is 16.1. The molecule has 3 aromatic rings. The molecular formula is C22H23Cl2N3O3. The van der Waals surface area contributed by atoms with Gasteiger partial charge < -0.3 is 20.6 Å². The minimum atomic E-state index is -0.936. The van der Waals surface area contributed by atoms with Crippen LogP contribution in [0.1, 0.15) is 40.4 Å². The third-order valence-electron chi connectivity index (χ3n) is 5.03. The highest BCUT2D eigenvalue weighted by Crippen LogP contribution is 2.29. The number of amidine groups is 1. The van der Waals surface area contributed by atoms with Crippen LogP contribution in [0.15, 0.2) is 53.0 Å². The van der Waals surface area contributed by atoms with E-state index in [9.17, 15) is 9.90 Å². The van der Waals surface area contributed by atoms with Gasteiger partial charge in [-0.3, -0.25) is 10.2 Å². The number of carboxylic acid groups (broad SMARTS) is 1. The number of nitrogens with one attached hydrogen (secondary N) is 2. The third-order valence-corrected chi connectivity index (χ3v) is 5.03. The average Bonchev–Trinajstić information content (AvgIpc) is 3.30. The number of benzene rings is 2. The molecule has 0 saturated heterocycles. The topological polar surface area (TPSA) is 112 Å². The normalized spacial score (nSPS) is 13.5. The molecule has 0 aliphatic carbocycles. The van der Waals surface area contributed by atoms with Crippen molar-refractivity contribution in [3.8, 4) is 0 Å². The van der Waals surface area contributed by atoms with Gasteiger partial charge in [0.05, 0.1) is 0 Å². The molecule has 1 aliphatic rings. The van der Waals surface area contributed by atoms with Crippen molar-refractivity contribution >= 4 is 53.7 Å². The molecule has 0 amide bonds. The lowest BCUT2D eigenvalue weighted by Crippen LogP contribution is -2.10. The van der Waals surface area contributed by atoms with Crippen LogP contribution in [0.25, 0.3) is 17.0 Å². The molecule has 8 heteroatoms. The molecule has 6 nitrogen and oxygen atoms in total. The lowest BCUT2D eigenvalue weighted by Gasteiger charge is -2.06. The largest absolute Gasteiger partial charge is 0.481 e. The van der Waals surface area contributed by atoms with Gasteiger partial charge in [-0.1, -0.05) is 30.4 Å². The Morgan fingerprint density at radius 1 is 1.17 bits per heavy atom. The van der Waals surface area contributed by atoms with Crippen LogP contribution in [-0.4, -0.2) is 16.9 Å². The first-order valence-electron chi connectivity index (χ1n) is 9.11. The van der Waals surface area contributed by atoms with Crippen LogP contribution in [0, 0.1) is 5.41 Å². The number of hydrogen-bond donors (Lipinski definition) is 4. The van der Waals surface area contributed by atoms with Crippen molar-refractivity contribution in [2.45, 2.75) is 25.4 Å². The Morgan fingerprint density at radius 2 is 1.93 bits per heavy atom. The van der Waals surface area contributed by atoms with E-state index in [1.807, 2.05) is 18.2 Å². The lowest BCUT2D eigenvalue weighted by molar-refractivity contribution is -0.139. The molecule has 0 radical (unpaired) electrons. The number of carbonyl (C=O) groups is 1. The third kappa shape index (κ3) is 4.84. The van der Waals surface area contributed by atoms with Gasteiger partial charge in [0.2, 0.25) is 0 Å². The van der Waals surface area contributed by atoms with Gasteiger partial charge in [-0.25, -0.2) is 0 Å². The number of aliphatic carboxylic acids is 1. The van der Waals surface area contributed by atoms with Crippen molar-refractivity contribution in [1.29, 1.82) is 5.41 Å². The Morgan fingerprint density at radius 3 is 2.67 bits per heavy atom. The molecule has 1 aliphatic heterocycles. The number of halogens is 2. The molecule has 158 valence electrons. The van der Waals surface area contributed by atoms with Gasteiger partial charge in [0.1, 0.15) is 23.1 Å². The van der Waals surface area contributed by atoms with Crippen LogP contribution in [0.2, 0.25) is 0 Å². The maximum atomic E-state index is 11.8. The first kappa shape index (κ1) is 23.5. The maximum Gasteiger partial charge on any atom is 0.314 e. The van der Waals surface area contributed by atoms with Gasteiger partial charge in [0.15, 0.2) is 0 Å². The Kier molecular flexibility index (Phi) is 7.67. The number of hydrogen-bond acceptors (Lipinski definition) is 4. The highest BCUT2D eigenvalue weighted by atomic mass is 35.5. The fourth-order valence-corrected chi connectivity index (χ4v) is 3.50. The van der Waals surface area contributed by atoms with Crippen molar-refractivity contribution in [3.05, 3.63) is 76.6 Å². The second-order valence-electron chi connectivity index (χ2n) is 6.98. The summed E-state index contributed by atoms with van der Waals surface area (Å²) in [6.07, 6.45) is 4.15. The molecule has 4 rings (SSSR count). The molecule has 1 atom stereocenters. The summed E-state index contributed by atoms with van der Waals surface area (Å²) in [4.78, 5) is 11.8. The van der Waals surface area contributed by atoms with Crippen molar-refractivity contribution in [2.75, 3.05) is 0 Å². The van der Waals surface area contributed by atoms with Crippen LogP contribution in [0.3, 0.4) is 0 Å². The highest BCUT2D eigenvalue weighted by Gasteiger charge is 2.23. The molecule has 1 aromatic heterocycles. The molecule has 0 bridgehead atoms. The molecule has 0 saturated carbocycles. The van der Waals surface area contributed by atoms with E-state index >= 15 is 0 Å². The predicted molar refractivity (Wildman–Crippen MR) is 123 cm³/mol. The van der Waals surface area contributed by atoms with E-state index in [0.717, 1.165) is 24.0 Å². The molecule has 5 N–H and O–H groups in total. The smallest absolute Gasteiger partial charge is 0.314 e. The summed E-state index contributed by atoms with van der Waals surface area (Å²) in [6.45, 7) is 1.77. The van der Waals surface area contributed by atoms with E-state index < -0.39 is 11.9 Å². The second-order valence-corrected chi connectivity index (χ2v) is 6.98. The molecule has 1 unspecified atom stereocenters. The van der Waals surface area contributed by atoms with Crippen molar-refractivity contribution in [3.63, 3.8) is 0 Å². The summed E-state index contributed by atoms with van der Waals surface area (Å²) < 4.78 is 5.76. The number of rotatable bonds is 6. The molecule has 0 spiro atoms. The number of allylic oxidation sites excluding steroid dienone is 1. The summed E-state index contributed by atoms with van der Waals surface area (Å²) in [5, 5.41) is 21.2. The van der Waals surface area contributed by atoms with E-state index in [1.165, 1.54) is 11.1 Å². The first-order valence-corrected chi connectivity index (χ1v) is 9.11. The summed E-state index contributed by atoms with van der Waals surface area (Å²) >= 11 is 0. The first-order chi connectivity index (χ1) is 13.5. The van der Waals surface area contributed by atoms with Crippen LogP contribution < -0.4 is 11.1 Å². The summed E-state index contributed by atoms with van der Waals surface area (Å²) in [5.74, 6) is -1.35. The number of furan rings is 1. The minimum Gasteiger partial charge on any atom is -0.481 e. The SMILES string of the molecule is Cl.Cl.N=C(N)c1ccc2oc(C(C/C=C/c3ccc4c(c3)CNC4)C(=O)O)cc2c1. The van der Waals surface area contributed by atoms with Crippen LogP contribution in [0.5, 0.6) is 0 Å². The lowest BCUT2D eigenvalue weighted by atomic mass is 10.0.